The molecule has 3 heterocycles. The number of aryl methyl sites for hydroxylation is 2. The normalized spacial score (nSPS) is 15.5. The van der Waals surface area contributed by atoms with Crippen molar-refractivity contribution in [1.82, 2.24) is 19.9 Å². The molecule has 1 saturated heterocycles. The molecule has 1 fully saturated rings. The van der Waals surface area contributed by atoms with E-state index in [4.69, 9.17) is 0 Å². The second-order valence-electron chi connectivity index (χ2n) is 5.74. The smallest absolute Gasteiger partial charge is 0.229 e. The van der Waals surface area contributed by atoms with Crippen LogP contribution in [0.25, 0.3) is 0 Å². The highest BCUT2D eigenvalue weighted by Crippen LogP contribution is 2.23. The maximum absolute atomic E-state index is 12.3. The van der Waals surface area contributed by atoms with E-state index in [1.165, 1.54) is 0 Å². The lowest BCUT2D eigenvalue weighted by Crippen LogP contribution is -2.38. The van der Waals surface area contributed by atoms with E-state index in [0.29, 0.717) is 5.95 Å². The molecule has 0 bridgehead atoms. The number of nitrogens with one attached hydrogen (secondary N) is 1. The van der Waals surface area contributed by atoms with Crippen LogP contribution in [0.5, 0.6) is 0 Å². The number of hydrogen-bond donors (Lipinski definition) is 1. The Hall–Kier alpha value is -2.57. The highest BCUT2D eigenvalue weighted by Gasteiger charge is 2.26. The average Bonchev–Trinajstić information content (AvgIpc) is 2.55. The van der Waals surface area contributed by atoms with Crippen LogP contribution in [0.15, 0.2) is 24.5 Å². The molecular formula is C16H20N6O. The number of hydrogen-bond acceptors (Lipinski definition) is 6. The molecule has 1 aliphatic heterocycles. The van der Waals surface area contributed by atoms with Gasteiger partial charge < -0.3 is 4.90 Å². The summed E-state index contributed by atoms with van der Waals surface area (Å²) in [5.41, 5.74) is 0.966. The number of amides is 1. The molecule has 7 nitrogen and oxygen atoms in total. The van der Waals surface area contributed by atoms with Crippen LogP contribution in [0.4, 0.5) is 11.8 Å². The van der Waals surface area contributed by atoms with Gasteiger partial charge in [0.15, 0.2) is 0 Å². The van der Waals surface area contributed by atoms with Gasteiger partial charge in [-0.05, 0) is 32.8 Å². The van der Waals surface area contributed by atoms with Crippen LogP contribution in [0, 0.1) is 19.8 Å². The maximum atomic E-state index is 12.3. The van der Waals surface area contributed by atoms with E-state index in [2.05, 4.69) is 30.2 Å². The van der Waals surface area contributed by atoms with Gasteiger partial charge in [0.1, 0.15) is 11.6 Å². The van der Waals surface area contributed by atoms with E-state index in [1.54, 1.807) is 18.5 Å². The van der Waals surface area contributed by atoms with Crippen molar-refractivity contribution in [3.63, 3.8) is 0 Å². The highest BCUT2D eigenvalue weighted by molar-refractivity contribution is 5.91. The Morgan fingerprint density at radius 3 is 2.52 bits per heavy atom. The lowest BCUT2D eigenvalue weighted by molar-refractivity contribution is -0.120. The molecule has 1 aliphatic rings. The van der Waals surface area contributed by atoms with Crippen molar-refractivity contribution in [3.8, 4) is 0 Å². The van der Waals surface area contributed by atoms with Gasteiger partial charge in [0.25, 0.3) is 0 Å². The minimum absolute atomic E-state index is 0.00843. The van der Waals surface area contributed by atoms with Crippen molar-refractivity contribution in [3.05, 3.63) is 36.0 Å². The van der Waals surface area contributed by atoms with Crippen LogP contribution < -0.4 is 10.2 Å². The Morgan fingerprint density at radius 2 is 1.87 bits per heavy atom. The summed E-state index contributed by atoms with van der Waals surface area (Å²) < 4.78 is 0. The summed E-state index contributed by atoms with van der Waals surface area (Å²) in [5.74, 6) is 2.06. The first kappa shape index (κ1) is 15.3. The SMILES string of the molecule is Cc1cc(N2CCC(C(=O)Nc3ncccn3)CC2)nc(C)n1. The van der Waals surface area contributed by atoms with Crippen LogP contribution in [0.3, 0.4) is 0 Å². The van der Waals surface area contributed by atoms with Gasteiger partial charge in [-0.25, -0.2) is 19.9 Å². The highest BCUT2D eigenvalue weighted by atomic mass is 16.2. The Kier molecular flexibility index (Phi) is 4.45. The molecule has 1 amide bonds. The number of anilines is 2. The van der Waals surface area contributed by atoms with Crippen LogP contribution in [-0.2, 0) is 4.79 Å². The number of carbonyl (C=O) groups is 1. The van der Waals surface area contributed by atoms with E-state index in [-0.39, 0.29) is 11.8 Å². The van der Waals surface area contributed by atoms with Crippen molar-refractivity contribution in [2.24, 2.45) is 5.92 Å². The van der Waals surface area contributed by atoms with E-state index in [1.807, 2.05) is 19.9 Å². The lowest BCUT2D eigenvalue weighted by Gasteiger charge is -2.32. The molecule has 1 N–H and O–H groups in total. The largest absolute Gasteiger partial charge is 0.356 e. The molecule has 0 spiro atoms. The predicted octanol–water partition coefficient (Wildman–Crippen LogP) is 1.74. The Balaban J connectivity index is 1.58. The number of carbonyl (C=O) groups excluding carboxylic acids is 1. The quantitative estimate of drug-likeness (QED) is 0.929. The van der Waals surface area contributed by atoms with E-state index in [9.17, 15) is 4.79 Å². The van der Waals surface area contributed by atoms with Crippen LogP contribution >= 0.6 is 0 Å². The van der Waals surface area contributed by atoms with Gasteiger partial charge in [0.2, 0.25) is 11.9 Å². The van der Waals surface area contributed by atoms with Gasteiger partial charge in [0.05, 0.1) is 0 Å². The monoisotopic (exact) mass is 312 g/mol. The van der Waals surface area contributed by atoms with Gasteiger partial charge in [-0.1, -0.05) is 0 Å². The molecule has 0 aliphatic carbocycles. The van der Waals surface area contributed by atoms with E-state index < -0.39 is 0 Å². The molecule has 0 unspecified atom stereocenters. The standard InChI is InChI=1S/C16H20N6O/c1-11-10-14(20-12(2)19-11)22-8-4-13(5-9-22)15(23)21-16-17-6-3-7-18-16/h3,6-7,10,13H,4-5,8-9H2,1-2H3,(H,17,18,21,23). The molecule has 2 aromatic rings. The summed E-state index contributed by atoms with van der Waals surface area (Å²) in [5, 5.41) is 2.78. The fourth-order valence-corrected chi connectivity index (χ4v) is 2.81. The molecule has 0 atom stereocenters. The van der Waals surface area contributed by atoms with Crippen LogP contribution in [-0.4, -0.2) is 38.9 Å². The first-order valence-corrected chi connectivity index (χ1v) is 7.77. The molecule has 23 heavy (non-hydrogen) atoms. The fourth-order valence-electron chi connectivity index (χ4n) is 2.81. The zero-order valence-corrected chi connectivity index (χ0v) is 13.4. The van der Waals surface area contributed by atoms with Gasteiger partial charge in [-0.15, -0.1) is 0 Å². The van der Waals surface area contributed by atoms with Crippen molar-refractivity contribution in [2.45, 2.75) is 26.7 Å². The third-order valence-electron chi connectivity index (χ3n) is 3.94. The predicted molar refractivity (Wildman–Crippen MR) is 87.1 cm³/mol. The number of aromatic nitrogens is 4. The number of rotatable bonds is 3. The van der Waals surface area contributed by atoms with Gasteiger partial charge in [0, 0.05) is 43.2 Å². The molecule has 2 aromatic heterocycles. The summed E-state index contributed by atoms with van der Waals surface area (Å²) in [7, 11) is 0. The second kappa shape index (κ2) is 6.68. The zero-order valence-electron chi connectivity index (χ0n) is 13.4. The Bertz CT molecular complexity index is 662. The molecule has 3 rings (SSSR count). The molecule has 0 radical (unpaired) electrons. The molecule has 120 valence electrons. The van der Waals surface area contributed by atoms with E-state index in [0.717, 1.165) is 43.3 Å². The minimum atomic E-state index is -0.0147. The van der Waals surface area contributed by atoms with Crippen molar-refractivity contribution in [1.29, 1.82) is 0 Å². The van der Waals surface area contributed by atoms with Crippen LogP contribution in [0.2, 0.25) is 0 Å². The van der Waals surface area contributed by atoms with Gasteiger partial charge in [-0.2, -0.15) is 0 Å². The number of nitrogens with zero attached hydrogens (tertiary/aromatic N) is 5. The Morgan fingerprint density at radius 1 is 1.17 bits per heavy atom. The summed E-state index contributed by atoms with van der Waals surface area (Å²) in [4.78, 5) is 31.3. The summed E-state index contributed by atoms with van der Waals surface area (Å²) in [6.45, 7) is 5.49. The first-order chi connectivity index (χ1) is 11.1. The lowest BCUT2D eigenvalue weighted by atomic mass is 9.96. The summed E-state index contributed by atoms with van der Waals surface area (Å²) in [6, 6.07) is 3.71. The van der Waals surface area contributed by atoms with Crippen molar-refractivity contribution < 1.29 is 4.79 Å². The van der Waals surface area contributed by atoms with Crippen molar-refractivity contribution >= 4 is 17.7 Å². The topological polar surface area (TPSA) is 83.9 Å². The maximum Gasteiger partial charge on any atom is 0.229 e. The van der Waals surface area contributed by atoms with E-state index >= 15 is 0 Å². The Labute approximate surface area is 135 Å². The molecule has 0 saturated carbocycles. The molecule has 0 aromatic carbocycles. The van der Waals surface area contributed by atoms with Crippen LogP contribution in [0.1, 0.15) is 24.4 Å². The van der Waals surface area contributed by atoms with Gasteiger partial charge >= 0.3 is 0 Å². The molecular weight excluding hydrogens is 292 g/mol. The summed E-state index contributed by atoms with van der Waals surface area (Å²) in [6.07, 6.45) is 4.82. The molecule has 7 heteroatoms. The third kappa shape index (κ3) is 3.80. The summed E-state index contributed by atoms with van der Waals surface area (Å²) >= 11 is 0. The third-order valence-corrected chi connectivity index (χ3v) is 3.94. The first-order valence-electron chi connectivity index (χ1n) is 7.77. The fraction of sp³-hybridized carbons (Fsp3) is 0.438. The minimum Gasteiger partial charge on any atom is -0.356 e. The zero-order chi connectivity index (χ0) is 16.2. The van der Waals surface area contributed by atoms with Crippen molar-refractivity contribution in [2.75, 3.05) is 23.3 Å². The number of piperidine rings is 1. The van der Waals surface area contributed by atoms with Gasteiger partial charge in [-0.3, -0.25) is 10.1 Å². The second-order valence-corrected chi connectivity index (χ2v) is 5.74. The average molecular weight is 312 g/mol.